The number of amides is 3. The van der Waals surface area contributed by atoms with Crippen LogP contribution in [0.2, 0.25) is 0 Å². The molecule has 1 fully saturated rings. The van der Waals surface area contributed by atoms with Gasteiger partial charge < -0.3 is 4.90 Å². The van der Waals surface area contributed by atoms with E-state index < -0.39 is 33.9 Å². The van der Waals surface area contributed by atoms with Crippen molar-refractivity contribution < 1.29 is 22.8 Å². The minimum absolute atomic E-state index is 0.0824. The van der Waals surface area contributed by atoms with Crippen LogP contribution in [-0.2, 0) is 30.8 Å². The van der Waals surface area contributed by atoms with Crippen LogP contribution in [-0.4, -0.2) is 37.1 Å². The van der Waals surface area contributed by atoms with Crippen molar-refractivity contribution in [3.8, 4) is 0 Å². The third kappa shape index (κ3) is 5.16. The van der Waals surface area contributed by atoms with E-state index in [0.29, 0.717) is 0 Å². The van der Waals surface area contributed by atoms with Gasteiger partial charge in [-0.05, 0) is 42.3 Å². The normalized spacial score (nSPS) is 16.9. The summed E-state index contributed by atoms with van der Waals surface area (Å²) >= 11 is 0. The lowest BCUT2D eigenvalue weighted by Crippen LogP contribution is -2.47. The zero-order valence-electron chi connectivity index (χ0n) is 19.1. The van der Waals surface area contributed by atoms with Gasteiger partial charge in [0.25, 0.3) is 5.91 Å². The standard InChI is InChI=1S/C26H25N3O5S/c1-18(20-10-6-3-7-11-20)28(24(30)16-19-8-4-2-5-9-19)23-17-25(31)29(26(23)32)21-12-14-22(15-13-21)35(27,33)34/h2-15,18,23H,16-17H2,1H3,(H2,27,33,34). The lowest BCUT2D eigenvalue weighted by Gasteiger charge is -2.34. The van der Waals surface area contributed by atoms with E-state index in [1.807, 2.05) is 67.6 Å². The van der Waals surface area contributed by atoms with Crippen molar-refractivity contribution in [2.24, 2.45) is 5.14 Å². The zero-order valence-corrected chi connectivity index (χ0v) is 19.9. The first kappa shape index (κ1) is 24.3. The summed E-state index contributed by atoms with van der Waals surface area (Å²) in [7, 11) is -3.92. The maximum absolute atomic E-state index is 13.5. The average Bonchev–Trinajstić information content (AvgIpc) is 3.13. The maximum Gasteiger partial charge on any atom is 0.257 e. The Bertz CT molecular complexity index is 1340. The van der Waals surface area contributed by atoms with Crippen LogP contribution in [0.15, 0.2) is 89.8 Å². The second-order valence-corrected chi connectivity index (χ2v) is 9.94. The lowest BCUT2D eigenvalue weighted by molar-refractivity contribution is -0.140. The van der Waals surface area contributed by atoms with Gasteiger partial charge in [0, 0.05) is 0 Å². The zero-order chi connectivity index (χ0) is 25.2. The molecular weight excluding hydrogens is 466 g/mol. The molecule has 3 aromatic carbocycles. The van der Waals surface area contributed by atoms with Crippen molar-refractivity contribution >= 4 is 33.4 Å². The first-order chi connectivity index (χ1) is 16.7. The highest BCUT2D eigenvalue weighted by Crippen LogP contribution is 2.32. The summed E-state index contributed by atoms with van der Waals surface area (Å²) in [5, 5.41) is 5.14. The molecule has 35 heavy (non-hydrogen) atoms. The van der Waals surface area contributed by atoms with Crippen LogP contribution < -0.4 is 10.0 Å². The topological polar surface area (TPSA) is 118 Å². The number of nitrogens with zero attached hydrogens (tertiary/aromatic N) is 2. The molecule has 180 valence electrons. The van der Waals surface area contributed by atoms with Crippen molar-refractivity contribution in [2.45, 2.75) is 36.7 Å². The van der Waals surface area contributed by atoms with Gasteiger partial charge in [-0.3, -0.25) is 14.4 Å². The molecule has 0 spiro atoms. The number of nitrogens with two attached hydrogens (primary N) is 1. The number of carbonyl (C=O) groups excluding carboxylic acids is 3. The minimum Gasteiger partial charge on any atom is -0.323 e. The van der Waals surface area contributed by atoms with E-state index in [2.05, 4.69) is 0 Å². The van der Waals surface area contributed by atoms with E-state index >= 15 is 0 Å². The fraction of sp³-hybridized carbons (Fsp3) is 0.192. The Balaban J connectivity index is 1.67. The highest BCUT2D eigenvalue weighted by atomic mass is 32.2. The SMILES string of the molecule is CC(c1ccccc1)N(C(=O)Cc1ccccc1)C1CC(=O)N(c2ccc(S(N)(=O)=O)cc2)C1=O. The van der Waals surface area contributed by atoms with Gasteiger partial charge in [0.2, 0.25) is 21.8 Å². The third-order valence-corrected chi connectivity index (χ3v) is 7.00. The van der Waals surface area contributed by atoms with Gasteiger partial charge in [0.05, 0.1) is 29.5 Å². The van der Waals surface area contributed by atoms with E-state index in [0.717, 1.165) is 16.0 Å². The van der Waals surface area contributed by atoms with Gasteiger partial charge in [-0.25, -0.2) is 18.5 Å². The van der Waals surface area contributed by atoms with Crippen LogP contribution in [0.5, 0.6) is 0 Å². The Morgan fingerprint density at radius 3 is 2.11 bits per heavy atom. The summed E-state index contributed by atoms with van der Waals surface area (Å²) in [6, 6.07) is 22.3. The van der Waals surface area contributed by atoms with Crippen LogP contribution in [0.1, 0.15) is 30.5 Å². The maximum atomic E-state index is 13.5. The predicted molar refractivity (Wildman–Crippen MR) is 131 cm³/mol. The first-order valence-electron chi connectivity index (χ1n) is 11.1. The smallest absolute Gasteiger partial charge is 0.257 e. The largest absolute Gasteiger partial charge is 0.323 e. The third-order valence-electron chi connectivity index (χ3n) is 6.07. The number of hydrogen-bond donors (Lipinski definition) is 1. The molecule has 3 aromatic rings. The number of carbonyl (C=O) groups is 3. The molecule has 3 amide bonds. The second-order valence-electron chi connectivity index (χ2n) is 8.38. The molecule has 0 radical (unpaired) electrons. The number of benzene rings is 3. The summed E-state index contributed by atoms with van der Waals surface area (Å²) in [5.41, 5.74) is 1.86. The van der Waals surface area contributed by atoms with Gasteiger partial charge >= 0.3 is 0 Å². The molecule has 1 aliphatic heterocycles. The number of hydrogen-bond acceptors (Lipinski definition) is 5. The van der Waals surface area contributed by atoms with Gasteiger partial charge in [0.1, 0.15) is 6.04 Å². The molecule has 1 heterocycles. The summed E-state index contributed by atoms with van der Waals surface area (Å²) in [5.74, 6) is -1.28. The van der Waals surface area contributed by atoms with E-state index in [9.17, 15) is 22.8 Å². The van der Waals surface area contributed by atoms with Gasteiger partial charge in [-0.1, -0.05) is 60.7 Å². The molecule has 2 N–H and O–H groups in total. The molecule has 8 nitrogen and oxygen atoms in total. The van der Waals surface area contributed by atoms with E-state index in [4.69, 9.17) is 5.14 Å². The second kappa shape index (κ2) is 9.81. The Kier molecular flexibility index (Phi) is 6.81. The molecule has 1 saturated heterocycles. The van der Waals surface area contributed by atoms with E-state index in [1.54, 1.807) is 0 Å². The molecule has 9 heteroatoms. The average molecular weight is 492 g/mol. The lowest BCUT2D eigenvalue weighted by atomic mass is 10.0. The highest BCUT2D eigenvalue weighted by Gasteiger charge is 2.46. The number of rotatable bonds is 7. The van der Waals surface area contributed by atoms with Crippen LogP contribution in [0.4, 0.5) is 5.69 Å². The Morgan fingerprint density at radius 2 is 1.54 bits per heavy atom. The summed E-state index contributed by atoms with van der Waals surface area (Å²) in [4.78, 5) is 42.3. The molecule has 0 bridgehead atoms. The molecule has 1 aliphatic rings. The molecule has 0 saturated carbocycles. The summed E-state index contributed by atoms with van der Waals surface area (Å²) in [6.45, 7) is 1.83. The quantitative estimate of drug-likeness (QED) is 0.510. The first-order valence-corrected chi connectivity index (χ1v) is 12.6. The van der Waals surface area contributed by atoms with Crippen molar-refractivity contribution in [3.63, 3.8) is 0 Å². The molecule has 0 aliphatic carbocycles. The van der Waals surface area contributed by atoms with Crippen LogP contribution in [0.25, 0.3) is 0 Å². The Hall–Kier alpha value is -3.82. The van der Waals surface area contributed by atoms with Crippen LogP contribution >= 0.6 is 0 Å². The van der Waals surface area contributed by atoms with Gasteiger partial charge in [-0.15, -0.1) is 0 Å². The van der Waals surface area contributed by atoms with Crippen molar-refractivity contribution in [1.29, 1.82) is 0 Å². The Labute approximate surface area is 204 Å². The van der Waals surface area contributed by atoms with Crippen LogP contribution in [0, 0.1) is 0 Å². The number of imide groups is 1. The predicted octanol–water partition coefficient (Wildman–Crippen LogP) is 2.80. The minimum atomic E-state index is -3.92. The fourth-order valence-corrected chi connectivity index (χ4v) is 4.82. The monoisotopic (exact) mass is 491 g/mol. The van der Waals surface area contributed by atoms with Crippen LogP contribution in [0.3, 0.4) is 0 Å². The highest BCUT2D eigenvalue weighted by molar-refractivity contribution is 7.89. The molecule has 2 atom stereocenters. The molecule has 2 unspecified atom stereocenters. The van der Waals surface area contributed by atoms with Gasteiger partial charge in [0.15, 0.2) is 0 Å². The van der Waals surface area contributed by atoms with Gasteiger partial charge in [-0.2, -0.15) is 0 Å². The van der Waals surface area contributed by atoms with E-state index in [1.165, 1.54) is 29.2 Å². The molecule has 4 rings (SSSR count). The Morgan fingerprint density at radius 1 is 0.971 bits per heavy atom. The summed E-state index contributed by atoms with van der Waals surface area (Å²) < 4.78 is 23.1. The number of sulfonamides is 1. The number of primary sulfonamides is 1. The van der Waals surface area contributed by atoms with Crippen molar-refractivity contribution in [3.05, 3.63) is 96.1 Å². The molecular formula is C26H25N3O5S. The summed E-state index contributed by atoms with van der Waals surface area (Å²) in [6.07, 6.45) is -0.0908. The molecule has 0 aromatic heterocycles. The number of anilines is 1. The van der Waals surface area contributed by atoms with Crippen molar-refractivity contribution in [1.82, 2.24) is 4.90 Å². The van der Waals surface area contributed by atoms with Crippen molar-refractivity contribution in [2.75, 3.05) is 4.90 Å². The van der Waals surface area contributed by atoms with E-state index in [-0.39, 0.29) is 29.3 Å². The fourth-order valence-electron chi connectivity index (χ4n) is 4.30.